The van der Waals surface area contributed by atoms with Gasteiger partial charge in [-0.1, -0.05) is 39.0 Å². The maximum absolute atomic E-state index is 12.1. The Morgan fingerprint density at radius 2 is 1.69 bits per heavy atom. The number of hydrogen-bond acceptors (Lipinski definition) is 6. The highest BCUT2D eigenvalue weighted by atomic mass is 16.7. The van der Waals surface area contributed by atoms with Crippen LogP contribution in [0.4, 0.5) is 0 Å². The minimum Gasteiger partial charge on any atom is -0.420 e. The first-order chi connectivity index (χ1) is 13.1. The third-order valence-corrected chi connectivity index (χ3v) is 5.42. The first kappa shape index (κ1) is 23.1. The molecule has 2 rings (SSSR count). The zero-order valence-electron chi connectivity index (χ0n) is 18.6. The monoisotopic (exact) mass is 401 g/mol. The van der Waals surface area contributed by atoms with Crippen molar-refractivity contribution in [3.05, 3.63) is 29.3 Å². The number of benzene rings is 1. The van der Waals surface area contributed by atoms with Crippen molar-refractivity contribution in [3.8, 4) is 0 Å². The molecule has 0 unspecified atom stereocenters. The Morgan fingerprint density at radius 3 is 2.17 bits per heavy atom. The number of aryl methyl sites for hydroxylation is 1. The van der Waals surface area contributed by atoms with Crippen molar-refractivity contribution in [3.63, 3.8) is 0 Å². The van der Waals surface area contributed by atoms with E-state index in [1.807, 2.05) is 52.8 Å². The second-order valence-electron chi connectivity index (χ2n) is 9.47. The fourth-order valence-corrected chi connectivity index (χ4v) is 2.60. The van der Waals surface area contributed by atoms with Crippen molar-refractivity contribution in [1.82, 2.24) is 5.32 Å². The molecule has 8 heteroatoms. The first-order valence-corrected chi connectivity index (χ1v) is 9.73. The fraction of sp³-hybridized carbons (Fsp3) is 0.571. The molecule has 1 aliphatic rings. The van der Waals surface area contributed by atoms with Crippen LogP contribution in [0.25, 0.3) is 0 Å². The van der Waals surface area contributed by atoms with Gasteiger partial charge in [-0.15, -0.1) is 0 Å². The lowest BCUT2D eigenvalue weighted by Crippen LogP contribution is -2.41. The molecular weight excluding hydrogens is 369 g/mol. The van der Waals surface area contributed by atoms with Crippen molar-refractivity contribution in [2.24, 2.45) is 5.41 Å². The highest BCUT2D eigenvalue weighted by Gasteiger charge is 2.51. The minimum absolute atomic E-state index is 0.124. The normalized spacial score (nSPS) is 17.7. The van der Waals surface area contributed by atoms with Crippen LogP contribution in [0.5, 0.6) is 0 Å². The van der Waals surface area contributed by atoms with E-state index >= 15 is 0 Å². The summed E-state index contributed by atoms with van der Waals surface area (Å²) in [6, 6.07) is 5.83. The third-order valence-electron chi connectivity index (χ3n) is 5.42. The van der Waals surface area contributed by atoms with Gasteiger partial charge < -0.3 is 19.4 Å². The van der Waals surface area contributed by atoms with Crippen LogP contribution < -0.4 is 10.8 Å². The number of carbonyl (C=O) groups is 1. The summed E-state index contributed by atoms with van der Waals surface area (Å²) in [5, 5.41) is 18.2. The number of amides is 1. The Labute approximate surface area is 173 Å². The Kier molecular flexibility index (Phi) is 6.30. The van der Waals surface area contributed by atoms with Gasteiger partial charge in [-0.2, -0.15) is 0 Å². The second-order valence-corrected chi connectivity index (χ2v) is 9.47. The molecule has 158 valence electrons. The summed E-state index contributed by atoms with van der Waals surface area (Å²) < 4.78 is 17.2. The summed E-state index contributed by atoms with van der Waals surface area (Å²) in [6.07, 6.45) is 0. The van der Waals surface area contributed by atoms with E-state index in [2.05, 4.69) is 5.32 Å². The second kappa shape index (κ2) is 7.92. The van der Waals surface area contributed by atoms with Gasteiger partial charge in [-0.3, -0.25) is 15.6 Å². The Morgan fingerprint density at radius 1 is 1.14 bits per heavy atom. The Bertz CT molecular complexity index is 812. The van der Waals surface area contributed by atoms with Crippen LogP contribution in [0.2, 0.25) is 0 Å². The van der Waals surface area contributed by atoms with Crippen LogP contribution in [0.3, 0.4) is 0 Å². The van der Waals surface area contributed by atoms with E-state index in [0.717, 1.165) is 16.6 Å². The highest BCUT2D eigenvalue weighted by molar-refractivity contribution is 6.62. The highest BCUT2D eigenvalue weighted by Crippen LogP contribution is 2.36. The molecule has 29 heavy (non-hydrogen) atoms. The van der Waals surface area contributed by atoms with Gasteiger partial charge in [0.25, 0.3) is 5.90 Å². The first-order valence-electron chi connectivity index (χ1n) is 9.73. The van der Waals surface area contributed by atoms with Gasteiger partial charge in [0, 0.05) is 12.0 Å². The van der Waals surface area contributed by atoms with Gasteiger partial charge >= 0.3 is 13.0 Å². The molecule has 3 N–H and O–H groups in total. The van der Waals surface area contributed by atoms with Gasteiger partial charge in [-0.25, -0.2) is 0 Å². The van der Waals surface area contributed by atoms with Crippen molar-refractivity contribution in [2.75, 3.05) is 0 Å². The lowest BCUT2D eigenvalue weighted by molar-refractivity contribution is -0.116. The van der Waals surface area contributed by atoms with Crippen LogP contribution in [0.1, 0.15) is 59.6 Å². The standard InChI is InChI=1S/C21H32BN3O4/c1-13-11-15(22-28-20(5,6)21(7,8)29-22)10-9-14(13)12-25-17(26)16(23)27-18(24)19(2,3)4/h9-11,23-24H,12H2,1-8H3,(H,25,26). The summed E-state index contributed by atoms with van der Waals surface area (Å²) >= 11 is 0. The predicted molar refractivity (Wildman–Crippen MR) is 115 cm³/mol. The molecule has 0 spiro atoms. The van der Waals surface area contributed by atoms with Crippen molar-refractivity contribution in [2.45, 2.75) is 73.1 Å². The van der Waals surface area contributed by atoms with Crippen molar-refractivity contribution >= 4 is 30.3 Å². The summed E-state index contributed by atoms with van der Waals surface area (Å²) in [5.74, 6) is -1.37. The average molecular weight is 401 g/mol. The minimum atomic E-state index is -0.659. The lowest BCUT2D eigenvalue weighted by atomic mass is 9.78. The van der Waals surface area contributed by atoms with Gasteiger partial charge in [0.1, 0.15) is 0 Å². The van der Waals surface area contributed by atoms with E-state index in [4.69, 9.17) is 24.9 Å². The molecule has 1 aromatic carbocycles. The van der Waals surface area contributed by atoms with Crippen LogP contribution in [-0.2, 0) is 25.4 Å². The topological polar surface area (TPSA) is 104 Å². The number of hydrogen-bond donors (Lipinski definition) is 3. The molecular formula is C21H32BN3O4. The lowest BCUT2D eigenvalue weighted by Gasteiger charge is -2.32. The van der Waals surface area contributed by atoms with Gasteiger partial charge in [-0.05, 0) is 51.2 Å². The zero-order chi connectivity index (χ0) is 22.2. The molecule has 0 saturated carbocycles. The van der Waals surface area contributed by atoms with Crippen LogP contribution in [0.15, 0.2) is 18.2 Å². The third kappa shape index (κ3) is 5.25. The maximum Gasteiger partial charge on any atom is 0.494 e. The van der Waals surface area contributed by atoms with E-state index < -0.39 is 35.5 Å². The number of rotatable bonds is 3. The molecule has 1 aliphatic heterocycles. The molecule has 0 bridgehead atoms. The molecule has 1 amide bonds. The van der Waals surface area contributed by atoms with E-state index in [9.17, 15) is 4.79 Å². The van der Waals surface area contributed by atoms with E-state index in [1.165, 1.54) is 0 Å². The fourth-order valence-electron chi connectivity index (χ4n) is 2.60. The maximum atomic E-state index is 12.1. The molecule has 1 heterocycles. The summed E-state index contributed by atoms with van der Waals surface area (Å²) in [5.41, 5.74) is 1.45. The van der Waals surface area contributed by atoms with Crippen molar-refractivity contribution < 1.29 is 18.8 Å². The SMILES string of the molecule is Cc1cc(B2OC(C)(C)C(C)(C)O2)ccc1CNC(=O)C(=N)OC(=N)C(C)(C)C. The van der Waals surface area contributed by atoms with Gasteiger partial charge in [0.2, 0.25) is 0 Å². The summed E-state index contributed by atoms with van der Waals surface area (Å²) in [4.78, 5) is 12.1. The number of nitrogens with one attached hydrogen (secondary N) is 3. The molecule has 0 aromatic heterocycles. The van der Waals surface area contributed by atoms with E-state index in [0.29, 0.717) is 0 Å². The Balaban J connectivity index is 1.99. The average Bonchev–Trinajstić information content (AvgIpc) is 2.80. The van der Waals surface area contributed by atoms with E-state index in [1.54, 1.807) is 20.8 Å². The zero-order valence-corrected chi connectivity index (χ0v) is 18.6. The van der Waals surface area contributed by atoms with Crippen molar-refractivity contribution in [1.29, 1.82) is 10.8 Å². The number of ether oxygens (including phenoxy) is 1. The summed E-state index contributed by atoms with van der Waals surface area (Å²) in [7, 11) is -0.438. The van der Waals surface area contributed by atoms with Gasteiger partial charge in [0.05, 0.1) is 11.2 Å². The summed E-state index contributed by atoms with van der Waals surface area (Å²) in [6.45, 7) is 15.6. The predicted octanol–water partition coefficient (Wildman–Crippen LogP) is 2.93. The number of carbonyl (C=O) groups excluding carboxylic acids is 1. The smallest absolute Gasteiger partial charge is 0.420 e. The van der Waals surface area contributed by atoms with E-state index in [-0.39, 0.29) is 12.4 Å². The van der Waals surface area contributed by atoms with Crippen LogP contribution in [-0.4, -0.2) is 36.0 Å². The largest absolute Gasteiger partial charge is 0.494 e. The molecule has 0 atom stereocenters. The molecule has 7 nitrogen and oxygen atoms in total. The molecule has 0 aliphatic carbocycles. The molecule has 1 fully saturated rings. The van der Waals surface area contributed by atoms with Crippen LogP contribution >= 0.6 is 0 Å². The molecule has 1 saturated heterocycles. The van der Waals surface area contributed by atoms with Crippen LogP contribution in [0, 0.1) is 23.2 Å². The molecule has 0 radical (unpaired) electrons. The molecule has 1 aromatic rings. The van der Waals surface area contributed by atoms with Gasteiger partial charge in [0.15, 0.2) is 5.90 Å². The Hall–Kier alpha value is -2.19. The quantitative estimate of drug-likeness (QED) is 0.412.